The maximum Gasteiger partial charge on any atom is 0.387 e. The molecular weight excluding hydrogens is 228 g/mol. The van der Waals surface area contributed by atoms with E-state index in [1.807, 2.05) is 0 Å². The van der Waals surface area contributed by atoms with E-state index < -0.39 is 5.97 Å². The number of ether oxygens (including phenoxy) is 2. The van der Waals surface area contributed by atoms with E-state index in [4.69, 9.17) is 6.57 Å². The van der Waals surface area contributed by atoms with Crippen molar-refractivity contribution in [3.63, 3.8) is 0 Å². The molecule has 0 radical (unpaired) electrons. The van der Waals surface area contributed by atoms with Crippen LogP contribution in [0.3, 0.4) is 0 Å². The molecule has 0 saturated heterocycles. The molecule has 0 rings (SSSR count). The van der Waals surface area contributed by atoms with Crippen LogP contribution in [0.4, 0.5) is 0 Å². The molecule has 0 aromatic carbocycles. The van der Waals surface area contributed by atoms with Gasteiger partial charge in [0.2, 0.25) is 0 Å². The summed E-state index contributed by atoms with van der Waals surface area (Å²) < 4.78 is 8.99. The van der Waals surface area contributed by atoms with Crippen LogP contribution in [0.15, 0.2) is 0 Å². The molecule has 0 aliphatic rings. The summed E-state index contributed by atoms with van der Waals surface area (Å²) in [7, 11) is 1.44. The first-order chi connectivity index (χ1) is 8.12. The minimum atomic E-state index is -0.442. The van der Waals surface area contributed by atoms with E-state index in [0.29, 0.717) is 13.2 Å². The van der Waals surface area contributed by atoms with Crippen molar-refractivity contribution in [1.82, 2.24) is 5.48 Å². The van der Waals surface area contributed by atoms with Gasteiger partial charge in [-0.3, -0.25) is 4.79 Å². The Morgan fingerprint density at radius 1 is 1.18 bits per heavy atom. The van der Waals surface area contributed by atoms with Crippen molar-refractivity contribution in [3.05, 3.63) is 11.4 Å². The summed E-state index contributed by atoms with van der Waals surface area (Å²) in [6.45, 7) is 10.4. The van der Waals surface area contributed by atoms with E-state index in [2.05, 4.69) is 24.6 Å². The van der Waals surface area contributed by atoms with Gasteiger partial charge in [-0.2, -0.15) is 5.48 Å². The molecule has 98 valence electrons. The molecule has 0 aliphatic heterocycles. The molecule has 0 aliphatic carbocycles. The van der Waals surface area contributed by atoms with Gasteiger partial charge in [-0.1, -0.05) is 0 Å². The van der Waals surface area contributed by atoms with Crippen LogP contribution in [0.5, 0.6) is 0 Å². The highest BCUT2D eigenvalue weighted by molar-refractivity contribution is 5.73. The fourth-order valence-electron chi connectivity index (χ4n) is 0.614. The van der Waals surface area contributed by atoms with Crippen LogP contribution in [-0.4, -0.2) is 45.4 Å². The molecule has 0 fully saturated rings. The van der Waals surface area contributed by atoms with Crippen molar-refractivity contribution < 1.29 is 23.9 Å². The molecule has 0 bridgehead atoms. The van der Waals surface area contributed by atoms with Crippen molar-refractivity contribution in [2.45, 2.75) is 13.8 Å². The maximum atomic E-state index is 10.4. The molecule has 0 unspecified atom stereocenters. The van der Waals surface area contributed by atoms with Crippen LogP contribution < -0.4 is 5.48 Å². The summed E-state index contributed by atoms with van der Waals surface area (Å²) in [4.78, 5) is 27.9. The summed E-state index contributed by atoms with van der Waals surface area (Å²) >= 11 is 0. The highest BCUT2D eigenvalue weighted by atomic mass is 16.6. The van der Waals surface area contributed by atoms with Crippen LogP contribution in [0.25, 0.3) is 4.85 Å². The van der Waals surface area contributed by atoms with Gasteiger partial charge >= 0.3 is 18.5 Å². The molecule has 1 N–H and O–H groups in total. The zero-order valence-electron chi connectivity index (χ0n) is 10.3. The second-order valence-electron chi connectivity index (χ2n) is 2.45. The highest BCUT2D eigenvalue weighted by Crippen LogP contribution is 1.76. The first-order valence-electron chi connectivity index (χ1n) is 5.02. The van der Waals surface area contributed by atoms with Gasteiger partial charge in [0.25, 0.3) is 0 Å². The molecule has 0 atom stereocenters. The van der Waals surface area contributed by atoms with Crippen LogP contribution in [0, 0.1) is 6.57 Å². The topological polar surface area (TPSA) is 78.2 Å². The molecular formula is C10H18N2O5. The Morgan fingerprint density at radius 3 is 2.12 bits per heavy atom. The summed E-state index contributed by atoms with van der Waals surface area (Å²) in [6, 6.07) is 0. The van der Waals surface area contributed by atoms with Gasteiger partial charge in [0, 0.05) is 0 Å². The zero-order chi connectivity index (χ0) is 13.5. The van der Waals surface area contributed by atoms with Crippen molar-refractivity contribution in [3.8, 4) is 0 Å². The number of nitrogens with one attached hydrogen (secondary N) is 1. The quantitative estimate of drug-likeness (QED) is 0.409. The molecule has 0 spiro atoms. The lowest BCUT2D eigenvalue weighted by Gasteiger charge is -2.00. The fourth-order valence-corrected chi connectivity index (χ4v) is 0.614. The van der Waals surface area contributed by atoms with Crippen molar-refractivity contribution >= 4 is 11.9 Å². The maximum absolute atomic E-state index is 10.4. The Bertz CT molecular complexity index is 250. The van der Waals surface area contributed by atoms with Crippen LogP contribution in [0.2, 0.25) is 0 Å². The Labute approximate surface area is 101 Å². The number of nitrogens with zero attached hydrogens (tertiary/aromatic N) is 1. The van der Waals surface area contributed by atoms with E-state index in [1.54, 1.807) is 13.8 Å². The van der Waals surface area contributed by atoms with Crippen molar-refractivity contribution in [2.75, 3.05) is 33.4 Å². The number of hydrogen-bond acceptors (Lipinski definition) is 6. The standard InChI is InChI=1S/C5H11NO3.C5H7NO2/c1-3-9-5(7)4-6-8-2;1-3-8-5(7)4-6-2/h6H,3-4H2,1-2H3;3-4H2,1H3. The summed E-state index contributed by atoms with van der Waals surface area (Å²) in [5, 5.41) is 0. The Balaban J connectivity index is 0. The largest absolute Gasteiger partial charge is 0.465 e. The zero-order valence-corrected chi connectivity index (χ0v) is 10.3. The molecule has 0 amide bonds. The summed E-state index contributed by atoms with van der Waals surface area (Å²) in [6.07, 6.45) is 0. The second-order valence-corrected chi connectivity index (χ2v) is 2.45. The SMILES string of the molecule is CCOC(=O)CNOC.[C-]#[N+]CC(=O)OCC. The smallest absolute Gasteiger partial charge is 0.387 e. The van der Waals surface area contributed by atoms with E-state index in [0.717, 1.165) is 0 Å². The third-order valence-electron chi connectivity index (χ3n) is 1.18. The Kier molecular flexibility index (Phi) is 15.0. The van der Waals surface area contributed by atoms with Crippen LogP contribution in [0.1, 0.15) is 13.8 Å². The average Bonchev–Trinajstić information content (AvgIpc) is 2.28. The van der Waals surface area contributed by atoms with Gasteiger partial charge in [0.15, 0.2) is 0 Å². The number of rotatable bonds is 6. The fraction of sp³-hybridized carbons (Fsp3) is 0.700. The lowest BCUT2D eigenvalue weighted by molar-refractivity contribution is -0.144. The first kappa shape index (κ1) is 17.7. The molecule has 0 saturated carbocycles. The van der Waals surface area contributed by atoms with Crippen LogP contribution >= 0.6 is 0 Å². The van der Waals surface area contributed by atoms with Crippen LogP contribution in [-0.2, 0) is 23.9 Å². The lowest BCUT2D eigenvalue weighted by Crippen LogP contribution is -2.23. The summed E-state index contributed by atoms with van der Waals surface area (Å²) in [5.41, 5.74) is 2.36. The van der Waals surface area contributed by atoms with Crippen molar-refractivity contribution in [2.24, 2.45) is 0 Å². The van der Waals surface area contributed by atoms with Gasteiger partial charge in [-0.25, -0.2) is 11.4 Å². The third kappa shape index (κ3) is 17.0. The van der Waals surface area contributed by atoms with Gasteiger partial charge in [0.05, 0.1) is 20.3 Å². The lowest BCUT2D eigenvalue weighted by atomic mass is 10.7. The molecule has 17 heavy (non-hydrogen) atoms. The number of carbonyl (C=O) groups is 2. The van der Waals surface area contributed by atoms with E-state index in [1.165, 1.54) is 7.11 Å². The monoisotopic (exact) mass is 246 g/mol. The molecule has 0 heterocycles. The molecule has 7 heteroatoms. The van der Waals surface area contributed by atoms with Gasteiger partial charge in [-0.15, -0.1) is 0 Å². The highest BCUT2D eigenvalue weighted by Gasteiger charge is 2.00. The Morgan fingerprint density at radius 2 is 1.71 bits per heavy atom. The van der Waals surface area contributed by atoms with Gasteiger partial charge in [-0.05, 0) is 13.8 Å². The number of carbonyl (C=O) groups excluding carboxylic acids is 2. The predicted octanol–water partition coefficient (Wildman–Crippen LogP) is 0.169. The van der Waals surface area contributed by atoms with Crippen molar-refractivity contribution in [1.29, 1.82) is 0 Å². The summed E-state index contributed by atoms with van der Waals surface area (Å²) in [5.74, 6) is -0.748. The number of hydroxylamine groups is 1. The van der Waals surface area contributed by atoms with Gasteiger partial charge in [0.1, 0.15) is 6.54 Å². The normalized spacial score (nSPS) is 8.35. The Hall–Kier alpha value is -1.65. The first-order valence-corrected chi connectivity index (χ1v) is 5.02. The molecule has 7 nitrogen and oxygen atoms in total. The second kappa shape index (κ2) is 14.3. The molecule has 0 aromatic rings. The number of esters is 2. The van der Waals surface area contributed by atoms with E-state index >= 15 is 0 Å². The third-order valence-corrected chi connectivity index (χ3v) is 1.18. The van der Waals surface area contributed by atoms with E-state index in [9.17, 15) is 9.59 Å². The van der Waals surface area contributed by atoms with E-state index in [-0.39, 0.29) is 19.1 Å². The predicted molar refractivity (Wildman–Crippen MR) is 59.7 cm³/mol. The minimum Gasteiger partial charge on any atom is -0.465 e. The number of hydrogen-bond donors (Lipinski definition) is 1. The van der Waals surface area contributed by atoms with Gasteiger partial charge < -0.3 is 19.2 Å². The molecule has 0 aromatic heterocycles. The average molecular weight is 246 g/mol. The minimum absolute atomic E-state index is 0.102.